The number of esters is 1. The van der Waals surface area contributed by atoms with Crippen molar-refractivity contribution in [2.75, 3.05) is 7.11 Å². The first-order valence-electron chi connectivity index (χ1n) is 3.46. The van der Waals surface area contributed by atoms with Crippen molar-refractivity contribution in [2.45, 2.75) is 0 Å². The molecule has 0 atom stereocenters. The summed E-state index contributed by atoms with van der Waals surface area (Å²) in [6, 6.07) is 0. The van der Waals surface area contributed by atoms with Gasteiger partial charge in [0.2, 0.25) is 0 Å². The van der Waals surface area contributed by atoms with Crippen molar-refractivity contribution in [1.82, 2.24) is 0 Å². The van der Waals surface area contributed by atoms with Crippen molar-refractivity contribution in [3.8, 4) is 0 Å². The molecule has 0 rings (SSSR count). The number of nitrogens with zero attached hydrogens (tertiary/aromatic N) is 1. The number of ether oxygens (including phenoxy) is 1. The molecule has 0 aromatic heterocycles. The van der Waals surface area contributed by atoms with Crippen LogP contribution < -0.4 is 0 Å². The van der Waals surface area contributed by atoms with E-state index in [0.29, 0.717) is 4.48 Å². The van der Waals surface area contributed by atoms with Crippen molar-refractivity contribution in [1.29, 1.82) is 0 Å². The van der Waals surface area contributed by atoms with Gasteiger partial charge >= 0.3 is 5.97 Å². The number of hydrogen-bond acceptors (Lipinski definition) is 3. The maximum absolute atomic E-state index is 10.7. The summed E-state index contributed by atoms with van der Waals surface area (Å²) in [5, 5.41) is 0. The number of aliphatic imine (C=N–C) groups is 1. The summed E-state index contributed by atoms with van der Waals surface area (Å²) >= 11 is 3.16. The number of methoxy groups -OCH3 is 1. The molecular formula is C9H10BrNO2. The van der Waals surface area contributed by atoms with E-state index < -0.39 is 5.97 Å². The number of hydrogen-bond donors (Lipinski definition) is 0. The van der Waals surface area contributed by atoms with E-state index in [1.807, 2.05) is 0 Å². The van der Waals surface area contributed by atoms with E-state index in [-0.39, 0.29) is 0 Å². The van der Waals surface area contributed by atoms with Gasteiger partial charge in [0.15, 0.2) is 0 Å². The lowest BCUT2D eigenvalue weighted by molar-refractivity contribution is -0.134. The Morgan fingerprint density at radius 3 is 2.85 bits per heavy atom. The minimum atomic E-state index is -0.405. The molecule has 0 bridgehead atoms. The molecule has 0 unspecified atom stereocenters. The molecule has 0 fully saturated rings. The topological polar surface area (TPSA) is 38.7 Å². The SMILES string of the molecule is C=C/N=C/C=C\C(Br)=C\C(=O)OC. The molecule has 4 heteroatoms. The standard InChI is InChI=1S/C9H10BrNO2/c1-3-11-6-4-5-8(10)7-9(12)13-2/h3-7H,1H2,2H3/b5-4-,8-7-,11-6+. The fourth-order valence-electron chi connectivity index (χ4n) is 0.465. The molecule has 3 nitrogen and oxygen atoms in total. The van der Waals surface area contributed by atoms with Crippen LogP contribution in [0.25, 0.3) is 0 Å². The van der Waals surface area contributed by atoms with Crippen molar-refractivity contribution >= 4 is 28.1 Å². The van der Waals surface area contributed by atoms with Crippen LogP contribution in [-0.2, 0) is 9.53 Å². The van der Waals surface area contributed by atoms with Gasteiger partial charge in [0, 0.05) is 23.0 Å². The third kappa shape index (κ3) is 7.21. The van der Waals surface area contributed by atoms with E-state index in [0.717, 1.165) is 0 Å². The fourth-order valence-corrected chi connectivity index (χ4v) is 0.805. The largest absolute Gasteiger partial charge is 0.466 e. The lowest BCUT2D eigenvalue weighted by Gasteiger charge is -1.89. The van der Waals surface area contributed by atoms with Crippen LogP contribution in [-0.4, -0.2) is 19.3 Å². The highest BCUT2D eigenvalue weighted by Gasteiger charge is 1.93. The average Bonchev–Trinajstić information content (AvgIpc) is 2.12. The Bertz CT molecular complexity index is 267. The molecule has 0 N–H and O–H groups in total. The van der Waals surface area contributed by atoms with E-state index in [9.17, 15) is 4.79 Å². The molecule has 70 valence electrons. The third-order valence-electron chi connectivity index (χ3n) is 0.990. The van der Waals surface area contributed by atoms with Crippen molar-refractivity contribution in [3.63, 3.8) is 0 Å². The van der Waals surface area contributed by atoms with Crippen LogP contribution in [0.2, 0.25) is 0 Å². The van der Waals surface area contributed by atoms with Crippen LogP contribution >= 0.6 is 15.9 Å². The summed E-state index contributed by atoms with van der Waals surface area (Å²) in [5.74, 6) is -0.405. The monoisotopic (exact) mass is 243 g/mol. The van der Waals surface area contributed by atoms with E-state index in [4.69, 9.17) is 0 Å². The third-order valence-corrected chi connectivity index (χ3v) is 1.48. The first-order valence-corrected chi connectivity index (χ1v) is 4.26. The Balaban J connectivity index is 4.12. The van der Waals surface area contributed by atoms with Gasteiger partial charge < -0.3 is 4.74 Å². The fraction of sp³-hybridized carbons (Fsp3) is 0.111. The quantitative estimate of drug-likeness (QED) is 0.329. The van der Waals surface area contributed by atoms with Gasteiger partial charge in [-0.2, -0.15) is 0 Å². The van der Waals surface area contributed by atoms with Gasteiger partial charge in [0.1, 0.15) is 0 Å². The molecule has 0 amide bonds. The minimum absolute atomic E-state index is 0.405. The summed E-state index contributed by atoms with van der Waals surface area (Å²) in [4.78, 5) is 14.4. The number of halogens is 1. The van der Waals surface area contributed by atoms with Crippen LogP contribution in [0, 0.1) is 0 Å². The number of allylic oxidation sites excluding steroid dienone is 3. The van der Waals surface area contributed by atoms with Crippen LogP contribution in [0.3, 0.4) is 0 Å². The maximum Gasteiger partial charge on any atom is 0.331 e. The van der Waals surface area contributed by atoms with Crippen LogP contribution in [0.15, 0.2) is 40.5 Å². The highest BCUT2D eigenvalue weighted by atomic mass is 79.9. The molecule has 0 heterocycles. The minimum Gasteiger partial charge on any atom is -0.466 e. The second-order valence-corrected chi connectivity index (χ2v) is 2.81. The second kappa shape index (κ2) is 7.49. The molecule has 0 aromatic carbocycles. The zero-order valence-corrected chi connectivity index (χ0v) is 8.82. The Labute approximate surface area is 85.6 Å². The highest BCUT2D eigenvalue weighted by Crippen LogP contribution is 2.05. The molecule has 0 saturated carbocycles. The van der Waals surface area contributed by atoms with Crippen LogP contribution in [0.1, 0.15) is 0 Å². The zero-order chi connectivity index (χ0) is 10.1. The summed E-state index contributed by atoms with van der Waals surface area (Å²) in [6.07, 6.45) is 7.63. The second-order valence-electron chi connectivity index (χ2n) is 1.89. The Kier molecular flexibility index (Phi) is 6.82. The molecule has 0 aliphatic carbocycles. The molecule has 0 radical (unpaired) electrons. The first kappa shape index (κ1) is 11.8. The lowest BCUT2D eigenvalue weighted by atomic mass is 10.4. The maximum atomic E-state index is 10.7. The van der Waals surface area contributed by atoms with Gasteiger partial charge in [-0.15, -0.1) is 0 Å². The predicted octanol–water partition coefficient (Wildman–Crippen LogP) is 2.21. The van der Waals surface area contributed by atoms with Gasteiger partial charge in [-0.25, -0.2) is 4.79 Å². The van der Waals surface area contributed by atoms with Crippen LogP contribution in [0.4, 0.5) is 0 Å². The van der Waals surface area contributed by atoms with E-state index in [2.05, 4.69) is 32.2 Å². The molecule has 0 aromatic rings. The van der Waals surface area contributed by atoms with Crippen molar-refractivity contribution < 1.29 is 9.53 Å². The molecule has 0 aliphatic heterocycles. The van der Waals surface area contributed by atoms with Gasteiger partial charge in [0.05, 0.1) is 7.11 Å². The molecule has 0 saturated heterocycles. The first-order chi connectivity index (χ1) is 6.20. The normalized spacial score (nSPS) is 12.3. The highest BCUT2D eigenvalue weighted by molar-refractivity contribution is 9.11. The summed E-state index contributed by atoms with van der Waals surface area (Å²) in [5.41, 5.74) is 0. The lowest BCUT2D eigenvalue weighted by Crippen LogP contribution is -1.94. The van der Waals surface area contributed by atoms with Gasteiger partial charge in [-0.05, 0) is 12.2 Å². The van der Waals surface area contributed by atoms with Crippen molar-refractivity contribution in [3.05, 3.63) is 35.5 Å². The van der Waals surface area contributed by atoms with Crippen LogP contribution in [0.5, 0.6) is 0 Å². The number of carbonyl (C=O) groups is 1. The Morgan fingerprint density at radius 1 is 1.62 bits per heavy atom. The smallest absolute Gasteiger partial charge is 0.331 e. The van der Waals surface area contributed by atoms with E-state index in [1.165, 1.54) is 19.4 Å². The van der Waals surface area contributed by atoms with Crippen molar-refractivity contribution in [2.24, 2.45) is 4.99 Å². The van der Waals surface area contributed by atoms with Gasteiger partial charge in [-0.3, -0.25) is 4.99 Å². The average molecular weight is 244 g/mol. The molecular weight excluding hydrogens is 234 g/mol. The summed E-state index contributed by atoms with van der Waals surface area (Å²) < 4.78 is 5.04. The molecule has 0 aliphatic rings. The summed E-state index contributed by atoms with van der Waals surface area (Å²) in [6.45, 7) is 3.41. The Hall–Kier alpha value is -1.16. The zero-order valence-electron chi connectivity index (χ0n) is 7.24. The van der Waals surface area contributed by atoms with Gasteiger partial charge in [0.25, 0.3) is 0 Å². The van der Waals surface area contributed by atoms with Gasteiger partial charge in [-0.1, -0.05) is 22.5 Å². The Morgan fingerprint density at radius 2 is 2.31 bits per heavy atom. The predicted molar refractivity (Wildman–Crippen MR) is 56.9 cm³/mol. The molecule has 0 spiro atoms. The number of rotatable bonds is 4. The van der Waals surface area contributed by atoms with E-state index >= 15 is 0 Å². The number of carbonyl (C=O) groups excluding carboxylic acids is 1. The molecule has 13 heavy (non-hydrogen) atoms. The summed E-state index contributed by atoms with van der Waals surface area (Å²) in [7, 11) is 1.32. The van der Waals surface area contributed by atoms with E-state index in [1.54, 1.807) is 18.4 Å².